The SMILES string of the molecule is COc1cc(Br)c(F)c(C2(CN)CCC2)c1OC. The smallest absolute Gasteiger partial charge is 0.167 e. The predicted octanol–water partition coefficient (Wildman–Crippen LogP) is 2.99. The van der Waals surface area contributed by atoms with E-state index >= 15 is 0 Å². The van der Waals surface area contributed by atoms with Crippen LogP contribution in [0.2, 0.25) is 0 Å². The highest BCUT2D eigenvalue weighted by Gasteiger charge is 2.43. The van der Waals surface area contributed by atoms with Crippen LogP contribution in [0.25, 0.3) is 0 Å². The fourth-order valence-electron chi connectivity index (χ4n) is 2.57. The first kappa shape index (κ1) is 13.6. The molecule has 0 atom stereocenters. The number of methoxy groups -OCH3 is 2. The highest BCUT2D eigenvalue weighted by Crippen LogP contribution is 2.51. The van der Waals surface area contributed by atoms with Crippen LogP contribution in [0.3, 0.4) is 0 Å². The number of rotatable bonds is 4. The number of ether oxygens (including phenoxy) is 2. The maximum atomic E-state index is 14.4. The van der Waals surface area contributed by atoms with Gasteiger partial charge in [-0.2, -0.15) is 0 Å². The zero-order valence-corrected chi connectivity index (χ0v) is 12.1. The highest BCUT2D eigenvalue weighted by atomic mass is 79.9. The van der Waals surface area contributed by atoms with E-state index in [9.17, 15) is 4.39 Å². The summed E-state index contributed by atoms with van der Waals surface area (Å²) in [4.78, 5) is 0. The van der Waals surface area contributed by atoms with Crippen LogP contribution in [0, 0.1) is 5.82 Å². The molecule has 1 aliphatic carbocycles. The first-order chi connectivity index (χ1) is 8.59. The topological polar surface area (TPSA) is 44.5 Å². The molecular formula is C13H17BrFNO2. The molecule has 0 amide bonds. The Kier molecular flexibility index (Phi) is 3.82. The Morgan fingerprint density at radius 2 is 2.06 bits per heavy atom. The molecule has 3 nitrogen and oxygen atoms in total. The molecule has 18 heavy (non-hydrogen) atoms. The normalized spacial score (nSPS) is 17.2. The van der Waals surface area contributed by atoms with Gasteiger partial charge < -0.3 is 15.2 Å². The second-order valence-electron chi connectivity index (χ2n) is 4.62. The molecule has 1 aromatic carbocycles. The molecule has 5 heteroatoms. The first-order valence-corrected chi connectivity index (χ1v) is 6.69. The maximum Gasteiger partial charge on any atom is 0.167 e. The van der Waals surface area contributed by atoms with Crippen molar-refractivity contribution in [2.75, 3.05) is 20.8 Å². The number of halogens is 2. The summed E-state index contributed by atoms with van der Waals surface area (Å²) in [5, 5.41) is 0. The van der Waals surface area contributed by atoms with Crippen molar-refractivity contribution >= 4 is 15.9 Å². The third-order valence-corrected chi connectivity index (χ3v) is 4.37. The van der Waals surface area contributed by atoms with Crippen LogP contribution >= 0.6 is 15.9 Å². The Morgan fingerprint density at radius 1 is 1.39 bits per heavy atom. The third-order valence-electron chi connectivity index (χ3n) is 3.79. The van der Waals surface area contributed by atoms with Crippen LogP contribution in [-0.4, -0.2) is 20.8 Å². The van der Waals surface area contributed by atoms with Gasteiger partial charge in [-0.1, -0.05) is 6.42 Å². The average Bonchev–Trinajstić information content (AvgIpc) is 2.33. The largest absolute Gasteiger partial charge is 0.493 e. The van der Waals surface area contributed by atoms with Crippen molar-refractivity contribution in [2.24, 2.45) is 5.73 Å². The van der Waals surface area contributed by atoms with Crippen molar-refractivity contribution in [3.8, 4) is 11.5 Å². The Morgan fingerprint density at radius 3 is 2.44 bits per heavy atom. The van der Waals surface area contributed by atoms with Crippen molar-refractivity contribution < 1.29 is 13.9 Å². The first-order valence-electron chi connectivity index (χ1n) is 5.90. The standard InChI is InChI=1S/C13H17BrFNO2/c1-17-9-6-8(14)11(15)10(12(9)18-2)13(7-16)4-3-5-13/h6H,3-5,7,16H2,1-2H3. The van der Waals surface area contributed by atoms with Gasteiger partial charge in [0.05, 0.1) is 18.7 Å². The van der Waals surface area contributed by atoms with Gasteiger partial charge in [0.2, 0.25) is 0 Å². The van der Waals surface area contributed by atoms with Crippen LogP contribution in [0.5, 0.6) is 11.5 Å². The Labute approximate surface area is 115 Å². The van der Waals surface area contributed by atoms with Gasteiger partial charge in [0.1, 0.15) is 5.82 Å². The van der Waals surface area contributed by atoms with E-state index in [4.69, 9.17) is 15.2 Å². The van der Waals surface area contributed by atoms with Crippen LogP contribution < -0.4 is 15.2 Å². The monoisotopic (exact) mass is 317 g/mol. The summed E-state index contributed by atoms with van der Waals surface area (Å²) < 4.78 is 25.4. The molecule has 1 saturated carbocycles. The molecule has 0 unspecified atom stereocenters. The summed E-state index contributed by atoms with van der Waals surface area (Å²) >= 11 is 3.22. The number of benzene rings is 1. The molecule has 0 bridgehead atoms. The van der Waals surface area contributed by atoms with Gasteiger partial charge >= 0.3 is 0 Å². The van der Waals surface area contributed by atoms with Crippen molar-refractivity contribution in [3.63, 3.8) is 0 Å². The van der Waals surface area contributed by atoms with Gasteiger partial charge in [0.15, 0.2) is 11.5 Å². The van der Waals surface area contributed by atoms with Crippen LogP contribution in [0.1, 0.15) is 24.8 Å². The van der Waals surface area contributed by atoms with E-state index in [1.165, 1.54) is 7.11 Å². The van der Waals surface area contributed by atoms with Crippen molar-refractivity contribution in [2.45, 2.75) is 24.7 Å². The molecule has 0 radical (unpaired) electrons. The van der Waals surface area contributed by atoms with E-state index in [0.29, 0.717) is 28.1 Å². The molecule has 0 aliphatic heterocycles. The molecule has 1 fully saturated rings. The molecule has 2 N–H and O–H groups in total. The van der Waals surface area contributed by atoms with Crippen LogP contribution in [0.15, 0.2) is 10.5 Å². The lowest BCUT2D eigenvalue weighted by Crippen LogP contribution is -2.42. The summed E-state index contributed by atoms with van der Waals surface area (Å²) in [6, 6.07) is 1.58. The van der Waals surface area contributed by atoms with E-state index in [1.807, 2.05) is 0 Å². The van der Waals surface area contributed by atoms with E-state index < -0.39 is 0 Å². The average molecular weight is 318 g/mol. The van der Waals surface area contributed by atoms with Gasteiger partial charge in [0.25, 0.3) is 0 Å². The van der Waals surface area contributed by atoms with Gasteiger partial charge in [-0.25, -0.2) is 4.39 Å². The molecule has 0 saturated heterocycles. The van der Waals surface area contributed by atoms with Crippen molar-refractivity contribution in [1.29, 1.82) is 0 Å². The van der Waals surface area contributed by atoms with Gasteiger partial charge in [0, 0.05) is 23.6 Å². The van der Waals surface area contributed by atoms with E-state index in [-0.39, 0.29) is 11.2 Å². The number of nitrogens with two attached hydrogens (primary N) is 1. The molecule has 100 valence electrons. The Balaban J connectivity index is 2.66. The molecule has 1 aliphatic rings. The quantitative estimate of drug-likeness (QED) is 0.928. The minimum Gasteiger partial charge on any atom is -0.493 e. The lowest BCUT2D eigenvalue weighted by molar-refractivity contribution is 0.230. The Hall–Kier alpha value is -0.810. The second-order valence-corrected chi connectivity index (χ2v) is 5.48. The Bertz CT molecular complexity index is 455. The summed E-state index contributed by atoms with van der Waals surface area (Å²) in [6.45, 7) is 0.417. The zero-order valence-electron chi connectivity index (χ0n) is 10.6. The van der Waals surface area contributed by atoms with Crippen molar-refractivity contribution in [1.82, 2.24) is 0 Å². The van der Waals surface area contributed by atoms with E-state index in [1.54, 1.807) is 13.2 Å². The highest BCUT2D eigenvalue weighted by molar-refractivity contribution is 9.10. The molecule has 2 rings (SSSR count). The lowest BCUT2D eigenvalue weighted by atomic mass is 9.64. The van der Waals surface area contributed by atoms with Gasteiger partial charge in [-0.15, -0.1) is 0 Å². The van der Waals surface area contributed by atoms with Crippen LogP contribution in [0.4, 0.5) is 4.39 Å². The zero-order chi connectivity index (χ0) is 13.3. The van der Waals surface area contributed by atoms with E-state index in [2.05, 4.69) is 15.9 Å². The molecule has 0 spiro atoms. The summed E-state index contributed by atoms with van der Waals surface area (Å²) in [7, 11) is 3.07. The van der Waals surface area contributed by atoms with E-state index in [0.717, 1.165) is 19.3 Å². The fourth-order valence-corrected chi connectivity index (χ4v) is 2.98. The summed E-state index contributed by atoms with van der Waals surface area (Å²) in [5.41, 5.74) is 6.09. The molecule has 0 heterocycles. The summed E-state index contributed by atoms with van der Waals surface area (Å²) in [6.07, 6.45) is 2.83. The molecule has 1 aromatic rings. The number of hydrogen-bond acceptors (Lipinski definition) is 3. The van der Waals surface area contributed by atoms with Crippen LogP contribution in [-0.2, 0) is 5.41 Å². The number of hydrogen-bond donors (Lipinski definition) is 1. The van der Waals surface area contributed by atoms with Crippen molar-refractivity contribution in [3.05, 3.63) is 21.9 Å². The summed E-state index contributed by atoms with van der Waals surface area (Å²) in [5.74, 6) is 0.696. The fraction of sp³-hybridized carbons (Fsp3) is 0.538. The third kappa shape index (κ3) is 1.89. The molecule has 0 aromatic heterocycles. The predicted molar refractivity (Wildman–Crippen MR) is 71.8 cm³/mol. The van der Waals surface area contributed by atoms with Gasteiger partial charge in [-0.3, -0.25) is 0 Å². The molecular weight excluding hydrogens is 301 g/mol. The minimum absolute atomic E-state index is 0.294. The van der Waals surface area contributed by atoms with Gasteiger partial charge in [-0.05, 0) is 28.8 Å². The minimum atomic E-state index is -0.313. The second kappa shape index (κ2) is 5.05. The lowest BCUT2D eigenvalue weighted by Gasteiger charge is -2.42. The maximum absolute atomic E-state index is 14.4.